The molecule has 116 valence electrons. The molecule has 1 amide bonds. The largest absolute Gasteiger partial charge is 0.385 e. The van der Waals surface area contributed by atoms with Crippen molar-refractivity contribution in [3.8, 4) is 0 Å². The lowest BCUT2D eigenvalue weighted by molar-refractivity contribution is -0.122. The second-order valence-electron chi connectivity index (χ2n) is 5.08. The van der Waals surface area contributed by atoms with Crippen LogP contribution in [0.15, 0.2) is 18.3 Å². The van der Waals surface area contributed by atoms with Gasteiger partial charge in [-0.05, 0) is 31.4 Å². The first kappa shape index (κ1) is 15.7. The zero-order chi connectivity index (χ0) is 14.9. The molecule has 0 spiro atoms. The van der Waals surface area contributed by atoms with E-state index in [4.69, 9.17) is 9.47 Å². The summed E-state index contributed by atoms with van der Waals surface area (Å²) in [7, 11) is 1.69. The number of amides is 1. The van der Waals surface area contributed by atoms with Crippen LogP contribution in [0.4, 0.5) is 11.5 Å². The molecule has 1 saturated heterocycles. The number of nitrogens with zero attached hydrogens (tertiary/aromatic N) is 1. The Balaban J connectivity index is 1.77. The van der Waals surface area contributed by atoms with Crippen LogP contribution < -0.4 is 10.6 Å². The molecule has 2 rings (SSSR count). The highest BCUT2D eigenvalue weighted by Gasteiger charge is 2.21. The third kappa shape index (κ3) is 5.32. The average molecular weight is 293 g/mol. The minimum absolute atomic E-state index is 0.0468. The molecule has 21 heavy (non-hydrogen) atoms. The maximum Gasteiger partial charge on any atom is 0.227 e. The second-order valence-corrected chi connectivity index (χ2v) is 5.08. The summed E-state index contributed by atoms with van der Waals surface area (Å²) < 4.78 is 10.2. The molecule has 2 N–H and O–H groups in total. The van der Waals surface area contributed by atoms with Gasteiger partial charge in [0.25, 0.3) is 0 Å². The van der Waals surface area contributed by atoms with Crippen LogP contribution in [-0.2, 0) is 14.3 Å². The number of carbonyl (C=O) groups excluding carboxylic acids is 1. The molecule has 6 heteroatoms. The molecule has 1 aliphatic rings. The molecule has 1 aliphatic heterocycles. The second kappa shape index (κ2) is 8.59. The lowest BCUT2D eigenvalue weighted by atomic mass is 9.99. The highest BCUT2D eigenvalue weighted by Crippen LogP contribution is 2.17. The smallest absolute Gasteiger partial charge is 0.227 e. The molecule has 0 bridgehead atoms. The summed E-state index contributed by atoms with van der Waals surface area (Å²) in [5.74, 6) is 0.904. The van der Waals surface area contributed by atoms with E-state index in [1.165, 1.54) is 0 Å². The molecule has 1 fully saturated rings. The SMILES string of the molecule is COCCCNc1ccc(NC(=O)C2CCOCC2)cn1. The molecule has 6 nitrogen and oxygen atoms in total. The number of methoxy groups -OCH3 is 1. The number of hydrogen-bond donors (Lipinski definition) is 2. The van der Waals surface area contributed by atoms with Gasteiger partial charge < -0.3 is 20.1 Å². The van der Waals surface area contributed by atoms with E-state index < -0.39 is 0 Å². The molecule has 1 aromatic rings. The van der Waals surface area contributed by atoms with Gasteiger partial charge in [-0.15, -0.1) is 0 Å². The Morgan fingerprint density at radius 1 is 1.43 bits per heavy atom. The summed E-state index contributed by atoms with van der Waals surface area (Å²) in [5, 5.41) is 6.11. The van der Waals surface area contributed by atoms with E-state index in [9.17, 15) is 4.79 Å². The molecule has 0 aromatic carbocycles. The summed E-state index contributed by atoms with van der Waals surface area (Å²) in [4.78, 5) is 16.4. The van der Waals surface area contributed by atoms with Crippen molar-refractivity contribution in [2.75, 3.05) is 44.1 Å². The van der Waals surface area contributed by atoms with E-state index in [0.717, 1.165) is 43.9 Å². The van der Waals surface area contributed by atoms with Gasteiger partial charge in [0.15, 0.2) is 0 Å². The van der Waals surface area contributed by atoms with Crippen molar-refractivity contribution in [3.63, 3.8) is 0 Å². The van der Waals surface area contributed by atoms with E-state index >= 15 is 0 Å². The van der Waals surface area contributed by atoms with Gasteiger partial charge in [-0.1, -0.05) is 0 Å². The minimum atomic E-state index is 0.0468. The van der Waals surface area contributed by atoms with Crippen molar-refractivity contribution in [2.24, 2.45) is 5.92 Å². The lowest BCUT2D eigenvalue weighted by Crippen LogP contribution is -2.28. The van der Waals surface area contributed by atoms with Crippen molar-refractivity contribution in [3.05, 3.63) is 18.3 Å². The number of aromatic nitrogens is 1. The number of hydrogen-bond acceptors (Lipinski definition) is 5. The molecule has 0 radical (unpaired) electrons. The minimum Gasteiger partial charge on any atom is -0.385 e. The number of pyridine rings is 1. The zero-order valence-electron chi connectivity index (χ0n) is 12.4. The molecule has 0 unspecified atom stereocenters. The Labute approximate surface area is 125 Å². The quantitative estimate of drug-likeness (QED) is 0.751. The zero-order valence-corrected chi connectivity index (χ0v) is 12.4. The molecule has 0 aliphatic carbocycles. The molecule has 0 saturated carbocycles. The molecule has 1 aromatic heterocycles. The first-order chi connectivity index (χ1) is 10.3. The number of nitrogens with one attached hydrogen (secondary N) is 2. The summed E-state index contributed by atoms with van der Waals surface area (Å²) in [5.41, 5.74) is 0.730. The predicted octanol–water partition coefficient (Wildman–Crippen LogP) is 1.90. The molecule has 0 atom stereocenters. The topological polar surface area (TPSA) is 72.5 Å². The van der Waals surface area contributed by atoms with Crippen LogP contribution in [-0.4, -0.2) is 44.4 Å². The van der Waals surface area contributed by atoms with Crippen LogP contribution in [0.1, 0.15) is 19.3 Å². The third-order valence-electron chi connectivity index (χ3n) is 3.45. The van der Waals surface area contributed by atoms with Crippen LogP contribution in [0, 0.1) is 5.92 Å². The van der Waals surface area contributed by atoms with E-state index in [-0.39, 0.29) is 11.8 Å². The van der Waals surface area contributed by atoms with E-state index in [1.807, 2.05) is 12.1 Å². The standard InChI is InChI=1S/C15H23N3O3/c1-20-8-2-7-16-14-4-3-13(11-17-14)18-15(19)12-5-9-21-10-6-12/h3-4,11-12H,2,5-10H2,1H3,(H,16,17)(H,18,19). The summed E-state index contributed by atoms with van der Waals surface area (Å²) >= 11 is 0. The number of rotatable bonds is 7. The van der Waals surface area contributed by atoms with E-state index in [1.54, 1.807) is 13.3 Å². The van der Waals surface area contributed by atoms with Gasteiger partial charge in [-0.25, -0.2) is 4.98 Å². The van der Waals surface area contributed by atoms with Crippen molar-refractivity contribution in [1.82, 2.24) is 4.98 Å². The summed E-state index contributed by atoms with van der Waals surface area (Å²) in [6, 6.07) is 3.73. The highest BCUT2D eigenvalue weighted by molar-refractivity contribution is 5.92. The van der Waals surface area contributed by atoms with Crippen LogP contribution in [0.2, 0.25) is 0 Å². The van der Waals surface area contributed by atoms with Gasteiger partial charge in [0, 0.05) is 39.4 Å². The van der Waals surface area contributed by atoms with Gasteiger partial charge in [0.1, 0.15) is 5.82 Å². The van der Waals surface area contributed by atoms with E-state index in [2.05, 4.69) is 15.6 Å². The Kier molecular flexibility index (Phi) is 6.43. The van der Waals surface area contributed by atoms with Gasteiger partial charge in [-0.3, -0.25) is 4.79 Å². The monoisotopic (exact) mass is 293 g/mol. The van der Waals surface area contributed by atoms with Crippen LogP contribution in [0.25, 0.3) is 0 Å². The third-order valence-corrected chi connectivity index (χ3v) is 3.45. The lowest BCUT2D eigenvalue weighted by Gasteiger charge is -2.21. The Bertz CT molecular complexity index is 430. The highest BCUT2D eigenvalue weighted by atomic mass is 16.5. The fourth-order valence-corrected chi connectivity index (χ4v) is 2.21. The summed E-state index contributed by atoms with van der Waals surface area (Å²) in [6.07, 6.45) is 4.19. The fraction of sp³-hybridized carbons (Fsp3) is 0.600. The molecule has 2 heterocycles. The van der Waals surface area contributed by atoms with Crippen LogP contribution in [0.3, 0.4) is 0 Å². The number of ether oxygens (including phenoxy) is 2. The fourth-order valence-electron chi connectivity index (χ4n) is 2.21. The molecular formula is C15H23N3O3. The van der Waals surface area contributed by atoms with Crippen molar-refractivity contribution >= 4 is 17.4 Å². The normalized spacial score (nSPS) is 15.7. The Hall–Kier alpha value is -1.66. The Morgan fingerprint density at radius 2 is 2.24 bits per heavy atom. The van der Waals surface area contributed by atoms with Gasteiger partial charge >= 0.3 is 0 Å². The molecular weight excluding hydrogens is 270 g/mol. The maximum atomic E-state index is 12.1. The number of carbonyl (C=O) groups is 1. The predicted molar refractivity (Wildman–Crippen MR) is 81.4 cm³/mol. The van der Waals surface area contributed by atoms with E-state index in [0.29, 0.717) is 13.2 Å². The summed E-state index contributed by atoms with van der Waals surface area (Å²) in [6.45, 7) is 2.88. The van der Waals surface area contributed by atoms with Gasteiger partial charge in [-0.2, -0.15) is 0 Å². The van der Waals surface area contributed by atoms with Crippen molar-refractivity contribution in [1.29, 1.82) is 0 Å². The maximum absolute atomic E-state index is 12.1. The van der Waals surface area contributed by atoms with Crippen LogP contribution >= 0.6 is 0 Å². The van der Waals surface area contributed by atoms with Gasteiger partial charge in [0.05, 0.1) is 11.9 Å². The van der Waals surface area contributed by atoms with Crippen molar-refractivity contribution < 1.29 is 14.3 Å². The number of anilines is 2. The van der Waals surface area contributed by atoms with Crippen molar-refractivity contribution in [2.45, 2.75) is 19.3 Å². The average Bonchev–Trinajstić information content (AvgIpc) is 2.54. The van der Waals surface area contributed by atoms with Crippen LogP contribution in [0.5, 0.6) is 0 Å². The first-order valence-corrected chi connectivity index (χ1v) is 7.37. The Morgan fingerprint density at radius 3 is 2.90 bits per heavy atom. The first-order valence-electron chi connectivity index (χ1n) is 7.37. The van der Waals surface area contributed by atoms with Gasteiger partial charge in [0.2, 0.25) is 5.91 Å².